The Kier molecular flexibility index (Phi) is 1.90. The van der Waals surface area contributed by atoms with E-state index in [0.29, 0.717) is 0 Å². The Hall–Kier alpha value is -1.19. The van der Waals surface area contributed by atoms with Gasteiger partial charge in [0.15, 0.2) is 0 Å². The first kappa shape index (κ1) is 8.41. The third-order valence-electron chi connectivity index (χ3n) is 2.02. The minimum Gasteiger partial charge on any atom is -0.248 e. The normalized spacial score (nSPS) is 14.5. The van der Waals surface area contributed by atoms with Crippen LogP contribution >= 0.6 is 11.9 Å². The van der Waals surface area contributed by atoms with Crippen LogP contribution in [0.2, 0.25) is 0 Å². The van der Waals surface area contributed by atoms with Crippen LogP contribution in [-0.4, -0.2) is 0 Å². The lowest BCUT2D eigenvalue weighted by atomic mass is 10.1. The number of nitrogens with zero attached hydrogens (tertiary/aromatic N) is 1. The summed E-state index contributed by atoms with van der Waals surface area (Å²) in [4.78, 5) is 0.980. The van der Waals surface area contributed by atoms with Gasteiger partial charge in [0.1, 0.15) is 0 Å². The highest BCUT2D eigenvalue weighted by atomic mass is 32.2. The largest absolute Gasteiger partial charge is 0.248 e. The Balaban J connectivity index is 2.68. The van der Waals surface area contributed by atoms with E-state index in [1.54, 1.807) is 4.41 Å². The van der Waals surface area contributed by atoms with Gasteiger partial charge < -0.3 is 0 Å². The van der Waals surface area contributed by atoms with Crippen molar-refractivity contribution in [1.29, 1.82) is 0 Å². The lowest BCUT2D eigenvalue weighted by molar-refractivity contribution is 1.22. The molecule has 2 N–H and O–H groups in total. The van der Waals surface area contributed by atoms with Gasteiger partial charge in [-0.2, -0.15) is 0 Å². The minimum absolute atomic E-state index is 0.980. The van der Waals surface area contributed by atoms with E-state index in [4.69, 9.17) is 5.84 Å². The first-order valence-electron chi connectivity index (χ1n) is 3.91. The van der Waals surface area contributed by atoms with Crippen LogP contribution < -0.4 is 10.3 Å². The maximum Gasteiger partial charge on any atom is 0.0739 e. The average Bonchev–Trinajstić information content (AvgIpc) is 2.43. The molecule has 0 spiro atoms. The Bertz CT molecular complexity index is 385. The van der Waals surface area contributed by atoms with Gasteiger partial charge in [-0.15, -0.1) is 0 Å². The van der Waals surface area contributed by atoms with Crippen molar-refractivity contribution in [2.75, 3.05) is 4.41 Å². The topological polar surface area (TPSA) is 29.3 Å². The van der Waals surface area contributed by atoms with E-state index in [1.807, 2.05) is 24.3 Å². The highest BCUT2D eigenvalue weighted by Gasteiger charge is 2.22. The number of rotatable bonds is 1. The van der Waals surface area contributed by atoms with Crippen LogP contribution in [0.3, 0.4) is 0 Å². The zero-order valence-electron chi connectivity index (χ0n) is 7.16. The number of nitrogens with two attached hydrogens (primary N) is 1. The van der Waals surface area contributed by atoms with E-state index in [0.717, 1.165) is 21.7 Å². The zero-order chi connectivity index (χ0) is 9.42. The molecule has 0 atom stereocenters. The highest BCUT2D eigenvalue weighted by molar-refractivity contribution is 8.09. The third kappa shape index (κ3) is 1.17. The van der Waals surface area contributed by atoms with Gasteiger partial charge in [-0.3, -0.25) is 0 Å². The second kappa shape index (κ2) is 2.94. The standard InChI is InChI=1S/C10H10N2S/c1-3-8-5-4-6-9-10(8)7(2)13-12(9)11/h3-6H,1-2,11H2. The number of hydrazine groups is 1. The fraction of sp³-hybridized carbons (Fsp3) is 0. The van der Waals surface area contributed by atoms with Gasteiger partial charge in [-0.1, -0.05) is 31.4 Å². The fourth-order valence-corrected chi connectivity index (χ4v) is 2.23. The SMILES string of the molecule is C=Cc1cccc2c1C(=C)SN2N. The van der Waals surface area contributed by atoms with Gasteiger partial charge in [-0.05, 0) is 11.6 Å². The summed E-state index contributed by atoms with van der Waals surface area (Å²) in [5.74, 6) is 5.76. The van der Waals surface area contributed by atoms with Gasteiger partial charge in [0, 0.05) is 22.4 Å². The van der Waals surface area contributed by atoms with E-state index in [1.165, 1.54) is 11.9 Å². The van der Waals surface area contributed by atoms with Crippen LogP contribution in [0.5, 0.6) is 0 Å². The molecular formula is C10H10N2S. The second-order valence-electron chi connectivity index (χ2n) is 2.79. The van der Waals surface area contributed by atoms with Crippen LogP contribution in [0.15, 0.2) is 31.4 Å². The van der Waals surface area contributed by atoms with E-state index < -0.39 is 0 Å². The molecule has 2 nitrogen and oxygen atoms in total. The molecule has 2 rings (SSSR count). The van der Waals surface area contributed by atoms with Crippen molar-refractivity contribution < 1.29 is 0 Å². The molecule has 1 aliphatic heterocycles. The molecule has 1 heterocycles. The van der Waals surface area contributed by atoms with Crippen molar-refractivity contribution in [2.45, 2.75) is 0 Å². The first-order valence-corrected chi connectivity index (χ1v) is 4.69. The molecule has 0 fully saturated rings. The maximum absolute atomic E-state index is 5.76. The summed E-state index contributed by atoms with van der Waals surface area (Å²) in [7, 11) is 0. The first-order chi connectivity index (χ1) is 6.24. The summed E-state index contributed by atoms with van der Waals surface area (Å²) in [6.07, 6.45) is 1.82. The molecule has 0 aromatic heterocycles. The molecule has 13 heavy (non-hydrogen) atoms. The van der Waals surface area contributed by atoms with Gasteiger partial charge in [0.25, 0.3) is 0 Å². The summed E-state index contributed by atoms with van der Waals surface area (Å²) in [6.45, 7) is 7.71. The van der Waals surface area contributed by atoms with E-state index in [9.17, 15) is 0 Å². The zero-order valence-corrected chi connectivity index (χ0v) is 7.97. The molecule has 1 aromatic rings. The lowest BCUT2D eigenvalue weighted by Crippen LogP contribution is -2.18. The third-order valence-corrected chi connectivity index (χ3v) is 2.84. The number of benzene rings is 1. The molecule has 0 saturated carbocycles. The van der Waals surface area contributed by atoms with Crippen molar-refractivity contribution in [3.8, 4) is 0 Å². The fourth-order valence-electron chi connectivity index (χ4n) is 1.43. The molecule has 0 saturated heterocycles. The number of anilines is 1. The van der Waals surface area contributed by atoms with Gasteiger partial charge >= 0.3 is 0 Å². The molecule has 3 heteroatoms. The predicted molar refractivity (Wildman–Crippen MR) is 59.8 cm³/mol. The van der Waals surface area contributed by atoms with Crippen molar-refractivity contribution in [1.82, 2.24) is 0 Å². The van der Waals surface area contributed by atoms with Crippen LogP contribution in [0, 0.1) is 0 Å². The second-order valence-corrected chi connectivity index (χ2v) is 3.85. The number of hydrogen-bond donors (Lipinski definition) is 1. The minimum atomic E-state index is 0.980. The summed E-state index contributed by atoms with van der Waals surface area (Å²) in [5, 5.41) is 0. The summed E-state index contributed by atoms with van der Waals surface area (Å²) in [6, 6.07) is 5.96. The molecule has 0 bridgehead atoms. The van der Waals surface area contributed by atoms with Crippen LogP contribution in [0.25, 0.3) is 11.0 Å². The molecule has 0 amide bonds. The van der Waals surface area contributed by atoms with Crippen LogP contribution in [0.4, 0.5) is 5.69 Å². The Morgan fingerprint density at radius 3 is 2.92 bits per heavy atom. The molecular weight excluding hydrogens is 180 g/mol. The van der Waals surface area contributed by atoms with Crippen LogP contribution in [-0.2, 0) is 0 Å². The number of fused-ring (bicyclic) bond motifs is 1. The van der Waals surface area contributed by atoms with E-state index in [2.05, 4.69) is 13.2 Å². The number of hydrogen-bond acceptors (Lipinski definition) is 3. The summed E-state index contributed by atoms with van der Waals surface area (Å²) in [5.41, 5.74) is 3.19. The monoisotopic (exact) mass is 190 g/mol. The molecule has 66 valence electrons. The van der Waals surface area contributed by atoms with Crippen molar-refractivity contribution in [3.63, 3.8) is 0 Å². The van der Waals surface area contributed by atoms with Gasteiger partial charge in [0.2, 0.25) is 0 Å². The molecule has 0 aliphatic carbocycles. The Labute approximate surface area is 81.8 Å². The summed E-state index contributed by atoms with van der Waals surface area (Å²) >= 11 is 1.45. The van der Waals surface area contributed by atoms with Crippen molar-refractivity contribution >= 4 is 28.6 Å². The van der Waals surface area contributed by atoms with Gasteiger partial charge in [0.05, 0.1) is 5.69 Å². The van der Waals surface area contributed by atoms with E-state index >= 15 is 0 Å². The van der Waals surface area contributed by atoms with E-state index in [-0.39, 0.29) is 0 Å². The predicted octanol–water partition coefficient (Wildman–Crippen LogP) is 2.64. The van der Waals surface area contributed by atoms with Gasteiger partial charge in [-0.25, -0.2) is 10.3 Å². The molecule has 0 radical (unpaired) electrons. The van der Waals surface area contributed by atoms with Crippen molar-refractivity contribution in [2.24, 2.45) is 5.84 Å². The summed E-state index contributed by atoms with van der Waals surface area (Å²) < 4.78 is 1.63. The van der Waals surface area contributed by atoms with Crippen LogP contribution in [0.1, 0.15) is 11.1 Å². The molecule has 0 unspecified atom stereocenters. The maximum atomic E-state index is 5.76. The van der Waals surface area contributed by atoms with Crippen molar-refractivity contribution in [3.05, 3.63) is 42.5 Å². The lowest BCUT2D eigenvalue weighted by Gasteiger charge is -2.08. The Morgan fingerprint density at radius 1 is 1.46 bits per heavy atom. The smallest absolute Gasteiger partial charge is 0.0739 e. The Morgan fingerprint density at radius 2 is 2.23 bits per heavy atom. The highest BCUT2D eigenvalue weighted by Crippen LogP contribution is 2.45. The molecule has 1 aromatic carbocycles. The molecule has 1 aliphatic rings. The quantitative estimate of drug-likeness (QED) is 0.545. The average molecular weight is 190 g/mol.